The number of amides is 2. The van der Waals surface area contributed by atoms with Gasteiger partial charge in [-0.05, 0) is 31.2 Å². The highest BCUT2D eigenvalue weighted by molar-refractivity contribution is 8.00. The van der Waals surface area contributed by atoms with E-state index >= 15 is 0 Å². The van der Waals surface area contributed by atoms with Crippen molar-refractivity contribution >= 4 is 46.8 Å². The molecule has 6 nitrogen and oxygen atoms in total. The molecule has 0 saturated carbocycles. The summed E-state index contributed by atoms with van der Waals surface area (Å²) >= 11 is 7.06. The normalized spacial score (nSPS) is 20.5. The first-order valence-corrected chi connectivity index (χ1v) is 8.56. The fourth-order valence-corrected chi connectivity index (χ4v) is 3.29. The molecule has 2 N–H and O–H groups in total. The average molecular weight is 357 g/mol. The first-order valence-electron chi connectivity index (χ1n) is 7.13. The summed E-state index contributed by atoms with van der Waals surface area (Å²) in [5.74, 6) is -0.652. The van der Waals surface area contributed by atoms with Gasteiger partial charge in [0.2, 0.25) is 11.8 Å². The van der Waals surface area contributed by atoms with Gasteiger partial charge in [-0.2, -0.15) is 0 Å². The standard InChI is InChI=1S/C15H17ClN2O4S/c1-2-22-15(21)11-8-23-12(14(20)18-11)7-13(19)17-10-5-3-9(16)4-6-10/h3-6,11-12H,2,7-8H2,1H3,(H,17,19)(H,18,20)/t11-,12+/m0/s1. The van der Waals surface area contributed by atoms with Gasteiger partial charge in [-0.3, -0.25) is 9.59 Å². The van der Waals surface area contributed by atoms with Gasteiger partial charge in [0.25, 0.3) is 0 Å². The van der Waals surface area contributed by atoms with Crippen LogP contribution < -0.4 is 10.6 Å². The molecule has 0 aliphatic carbocycles. The summed E-state index contributed by atoms with van der Waals surface area (Å²) in [5, 5.41) is 5.36. The number of hydrogen-bond acceptors (Lipinski definition) is 5. The van der Waals surface area contributed by atoms with Crippen LogP contribution in [0.1, 0.15) is 13.3 Å². The van der Waals surface area contributed by atoms with Crippen molar-refractivity contribution in [1.82, 2.24) is 5.32 Å². The molecule has 2 rings (SSSR count). The Morgan fingerprint density at radius 1 is 1.39 bits per heavy atom. The molecule has 0 unspecified atom stereocenters. The molecule has 1 aliphatic rings. The number of carbonyl (C=O) groups excluding carboxylic acids is 3. The maximum Gasteiger partial charge on any atom is 0.329 e. The van der Waals surface area contributed by atoms with E-state index in [2.05, 4.69) is 10.6 Å². The van der Waals surface area contributed by atoms with Crippen LogP contribution >= 0.6 is 23.4 Å². The lowest BCUT2D eigenvalue weighted by molar-refractivity contribution is -0.146. The number of anilines is 1. The molecule has 0 radical (unpaired) electrons. The van der Waals surface area contributed by atoms with E-state index in [0.29, 0.717) is 16.5 Å². The highest BCUT2D eigenvalue weighted by atomic mass is 35.5. The van der Waals surface area contributed by atoms with Crippen molar-refractivity contribution in [2.24, 2.45) is 0 Å². The van der Waals surface area contributed by atoms with Crippen molar-refractivity contribution in [1.29, 1.82) is 0 Å². The molecule has 1 aliphatic heterocycles. The summed E-state index contributed by atoms with van der Waals surface area (Å²) in [5.41, 5.74) is 0.616. The van der Waals surface area contributed by atoms with Gasteiger partial charge in [0.15, 0.2) is 0 Å². The zero-order valence-electron chi connectivity index (χ0n) is 12.5. The van der Waals surface area contributed by atoms with Crippen LogP contribution in [0.4, 0.5) is 5.69 Å². The van der Waals surface area contributed by atoms with Gasteiger partial charge in [0, 0.05) is 22.9 Å². The molecule has 1 heterocycles. The predicted molar refractivity (Wildman–Crippen MR) is 89.5 cm³/mol. The number of thioether (sulfide) groups is 1. The fourth-order valence-electron chi connectivity index (χ4n) is 2.03. The van der Waals surface area contributed by atoms with Crippen molar-refractivity contribution < 1.29 is 19.1 Å². The zero-order valence-corrected chi connectivity index (χ0v) is 14.1. The van der Waals surface area contributed by atoms with E-state index in [1.54, 1.807) is 31.2 Å². The van der Waals surface area contributed by atoms with Gasteiger partial charge in [-0.15, -0.1) is 11.8 Å². The van der Waals surface area contributed by atoms with Crippen LogP contribution in [-0.4, -0.2) is 41.4 Å². The maximum absolute atomic E-state index is 12.0. The van der Waals surface area contributed by atoms with Gasteiger partial charge >= 0.3 is 5.97 Å². The number of rotatable bonds is 5. The summed E-state index contributed by atoms with van der Waals surface area (Å²) in [7, 11) is 0. The summed E-state index contributed by atoms with van der Waals surface area (Å²) in [6.45, 7) is 1.97. The van der Waals surface area contributed by atoms with Crippen LogP contribution in [0.5, 0.6) is 0 Å². The Morgan fingerprint density at radius 2 is 2.09 bits per heavy atom. The summed E-state index contributed by atoms with van der Waals surface area (Å²) in [6.07, 6.45) is 0.0364. The molecule has 1 fully saturated rings. The van der Waals surface area contributed by atoms with Gasteiger partial charge < -0.3 is 15.4 Å². The second kappa shape index (κ2) is 8.21. The van der Waals surface area contributed by atoms with E-state index in [-0.39, 0.29) is 24.8 Å². The third kappa shape index (κ3) is 5.14. The lowest BCUT2D eigenvalue weighted by atomic mass is 10.2. The van der Waals surface area contributed by atoms with Crippen molar-refractivity contribution in [3.05, 3.63) is 29.3 Å². The number of carbonyl (C=O) groups is 3. The summed E-state index contributed by atoms with van der Waals surface area (Å²) in [4.78, 5) is 35.6. The van der Waals surface area contributed by atoms with Crippen LogP contribution in [0.3, 0.4) is 0 Å². The minimum atomic E-state index is -0.650. The first-order chi connectivity index (χ1) is 11.0. The van der Waals surface area contributed by atoms with E-state index < -0.39 is 17.3 Å². The Labute approximate surface area is 143 Å². The Kier molecular flexibility index (Phi) is 6.29. The predicted octanol–water partition coefficient (Wildman–Crippen LogP) is 1.83. The molecular formula is C15H17ClN2O4S. The first kappa shape index (κ1) is 17.6. The Balaban J connectivity index is 1.84. The number of esters is 1. The Hall–Kier alpha value is -1.73. The third-order valence-electron chi connectivity index (χ3n) is 3.14. The van der Waals surface area contributed by atoms with Crippen molar-refractivity contribution in [2.75, 3.05) is 17.7 Å². The van der Waals surface area contributed by atoms with Crippen molar-refractivity contribution in [3.63, 3.8) is 0 Å². The van der Waals surface area contributed by atoms with Gasteiger partial charge in [0.1, 0.15) is 6.04 Å². The van der Waals surface area contributed by atoms with Gasteiger partial charge in [-0.25, -0.2) is 4.79 Å². The summed E-state index contributed by atoms with van der Waals surface area (Å²) < 4.78 is 4.88. The second-order valence-electron chi connectivity index (χ2n) is 4.89. The average Bonchev–Trinajstić information content (AvgIpc) is 2.52. The highest BCUT2D eigenvalue weighted by Gasteiger charge is 2.34. The lowest BCUT2D eigenvalue weighted by Gasteiger charge is -2.27. The number of nitrogens with one attached hydrogen (secondary N) is 2. The second-order valence-corrected chi connectivity index (χ2v) is 6.57. The molecule has 2 amide bonds. The molecular weight excluding hydrogens is 340 g/mol. The van der Waals surface area contributed by atoms with E-state index in [1.165, 1.54) is 11.8 Å². The van der Waals surface area contributed by atoms with Gasteiger partial charge in [-0.1, -0.05) is 11.6 Å². The molecule has 8 heteroatoms. The Morgan fingerprint density at radius 3 is 2.70 bits per heavy atom. The molecule has 23 heavy (non-hydrogen) atoms. The molecule has 0 spiro atoms. The third-order valence-corrected chi connectivity index (χ3v) is 4.70. The van der Waals surface area contributed by atoms with Crippen molar-refractivity contribution in [3.8, 4) is 0 Å². The smallest absolute Gasteiger partial charge is 0.329 e. The lowest BCUT2D eigenvalue weighted by Crippen LogP contribution is -2.51. The topological polar surface area (TPSA) is 84.5 Å². The Bertz CT molecular complexity index is 594. The number of hydrogen-bond donors (Lipinski definition) is 2. The monoisotopic (exact) mass is 356 g/mol. The number of benzene rings is 1. The van der Waals surface area contributed by atoms with Crippen LogP contribution in [0.15, 0.2) is 24.3 Å². The summed E-state index contributed by atoms with van der Waals surface area (Å²) in [6, 6.07) is 6.06. The van der Waals surface area contributed by atoms with Crippen LogP contribution in [0.2, 0.25) is 5.02 Å². The molecule has 124 valence electrons. The van der Waals surface area contributed by atoms with Crippen LogP contribution in [0, 0.1) is 0 Å². The minimum absolute atomic E-state index is 0.0364. The van der Waals surface area contributed by atoms with Crippen molar-refractivity contribution in [2.45, 2.75) is 24.6 Å². The molecule has 0 aromatic heterocycles. The van der Waals surface area contributed by atoms with Crippen LogP contribution in [0.25, 0.3) is 0 Å². The SMILES string of the molecule is CCOC(=O)[C@@H]1CS[C@H](CC(=O)Nc2ccc(Cl)cc2)C(=O)N1. The quantitative estimate of drug-likeness (QED) is 0.786. The van der Waals surface area contributed by atoms with Crippen LogP contribution in [-0.2, 0) is 19.1 Å². The molecule has 1 saturated heterocycles. The molecule has 1 aromatic carbocycles. The van der Waals surface area contributed by atoms with E-state index in [0.717, 1.165) is 0 Å². The van der Waals surface area contributed by atoms with Gasteiger partial charge in [0.05, 0.1) is 11.9 Å². The van der Waals surface area contributed by atoms with E-state index in [9.17, 15) is 14.4 Å². The van der Waals surface area contributed by atoms with E-state index in [1.807, 2.05) is 0 Å². The molecule has 0 bridgehead atoms. The zero-order chi connectivity index (χ0) is 16.8. The highest BCUT2D eigenvalue weighted by Crippen LogP contribution is 2.22. The fraction of sp³-hybridized carbons (Fsp3) is 0.400. The largest absolute Gasteiger partial charge is 0.464 e. The molecule has 2 atom stereocenters. The number of halogens is 1. The minimum Gasteiger partial charge on any atom is -0.464 e. The number of ether oxygens (including phenoxy) is 1. The maximum atomic E-state index is 12.0. The molecule has 1 aromatic rings. The van der Waals surface area contributed by atoms with E-state index in [4.69, 9.17) is 16.3 Å².